The van der Waals surface area contributed by atoms with Crippen molar-refractivity contribution in [1.82, 2.24) is 9.88 Å². The Morgan fingerprint density at radius 2 is 1.92 bits per heavy atom. The van der Waals surface area contributed by atoms with E-state index in [0.29, 0.717) is 27.1 Å². The average Bonchev–Trinajstić information content (AvgIpc) is 2.55. The first-order valence-electron chi connectivity index (χ1n) is 7.57. The Bertz CT molecular complexity index is 686. The molecule has 0 saturated heterocycles. The van der Waals surface area contributed by atoms with Gasteiger partial charge in [-0.1, -0.05) is 29.3 Å². The molecule has 1 heterocycles. The summed E-state index contributed by atoms with van der Waals surface area (Å²) in [6.45, 7) is 1.77. The molecule has 2 rings (SSSR count). The number of carbonyl (C=O) groups excluding carboxylic acids is 1. The lowest BCUT2D eigenvalue weighted by Crippen LogP contribution is -2.17. The highest BCUT2D eigenvalue weighted by molar-refractivity contribution is 6.40. The molecule has 5 nitrogen and oxygen atoms in total. The number of carbonyl (C=O) groups is 1. The van der Waals surface area contributed by atoms with Crippen LogP contribution >= 0.6 is 23.2 Å². The van der Waals surface area contributed by atoms with Crippen LogP contribution in [0, 0.1) is 0 Å². The molecule has 0 fully saturated rings. The molecule has 2 N–H and O–H groups in total. The van der Waals surface area contributed by atoms with Gasteiger partial charge in [0.2, 0.25) is 0 Å². The first kappa shape index (κ1) is 18.5. The minimum Gasteiger partial charge on any atom is -0.370 e. The molecule has 0 aliphatic rings. The fourth-order valence-corrected chi connectivity index (χ4v) is 2.58. The fraction of sp³-hybridized carbons (Fsp3) is 0.294. The van der Waals surface area contributed by atoms with Gasteiger partial charge in [-0.15, -0.1) is 0 Å². The summed E-state index contributed by atoms with van der Waals surface area (Å²) in [4.78, 5) is 18.7. The fourth-order valence-electron chi connectivity index (χ4n) is 2.08. The summed E-state index contributed by atoms with van der Waals surface area (Å²) < 4.78 is 0. The Balaban J connectivity index is 2.01. The van der Waals surface area contributed by atoms with Crippen molar-refractivity contribution >= 4 is 40.6 Å². The number of aromatic nitrogens is 1. The molecule has 0 aliphatic heterocycles. The highest BCUT2D eigenvalue weighted by Crippen LogP contribution is 2.30. The maximum absolute atomic E-state index is 12.4. The number of nitrogens with one attached hydrogen (secondary N) is 2. The van der Waals surface area contributed by atoms with Crippen LogP contribution in [0.15, 0.2) is 36.5 Å². The third-order valence-electron chi connectivity index (χ3n) is 3.31. The molecule has 2 aromatic rings. The van der Waals surface area contributed by atoms with Gasteiger partial charge in [0.25, 0.3) is 5.91 Å². The van der Waals surface area contributed by atoms with Crippen LogP contribution in [0.2, 0.25) is 10.0 Å². The van der Waals surface area contributed by atoms with E-state index in [0.717, 1.165) is 19.5 Å². The molecule has 0 aliphatic carbocycles. The molecule has 0 radical (unpaired) electrons. The summed E-state index contributed by atoms with van der Waals surface area (Å²) in [7, 11) is 4.06. The molecule has 1 aromatic carbocycles. The molecule has 128 valence electrons. The van der Waals surface area contributed by atoms with Crippen LogP contribution in [0.5, 0.6) is 0 Å². The zero-order chi connectivity index (χ0) is 17.5. The summed E-state index contributed by atoms with van der Waals surface area (Å²) >= 11 is 12.1. The second-order valence-corrected chi connectivity index (χ2v) is 6.38. The van der Waals surface area contributed by atoms with Crippen molar-refractivity contribution in [3.05, 3.63) is 52.1 Å². The third kappa shape index (κ3) is 5.37. The predicted octanol–water partition coefficient (Wildman–Crippen LogP) is 4.00. The Hall–Kier alpha value is -1.82. The second kappa shape index (κ2) is 8.87. The number of para-hydroxylation sites is 1. The lowest BCUT2D eigenvalue weighted by molar-refractivity contribution is 0.102. The van der Waals surface area contributed by atoms with Crippen molar-refractivity contribution in [1.29, 1.82) is 0 Å². The first-order valence-corrected chi connectivity index (χ1v) is 8.33. The number of hydrogen-bond donors (Lipinski definition) is 2. The van der Waals surface area contributed by atoms with Crippen LogP contribution in [0.4, 0.5) is 11.5 Å². The van der Waals surface area contributed by atoms with Crippen molar-refractivity contribution in [2.45, 2.75) is 6.42 Å². The molecule has 7 heteroatoms. The maximum atomic E-state index is 12.4. The van der Waals surface area contributed by atoms with Gasteiger partial charge < -0.3 is 15.5 Å². The molecule has 1 aromatic heterocycles. The van der Waals surface area contributed by atoms with Gasteiger partial charge in [0.1, 0.15) is 5.82 Å². The maximum Gasteiger partial charge on any atom is 0.255 e. The normalized spacial score (nSPS) is 10.7. The number of nitrogens with zero attached hydrogens (tertiary/aromatic N) is 2. The van der Waals surface area contributed by atoms with Gasteiger partial charge >= 0.3 is 0 Å². The SMILES string of the molecule is CN(C)CCCNc1cc(C(=O)Nc2c(Cl)cccc2Cl)ccn1. The molecule has 0 spiro atoms. The molecular formula is C17H20Cl2N4O. The van der Waals surface area contributed by atoms with E-state index in [9.17, 15) is 4.79 Å². The minimum absolute atomic E-state index is 0.288. The van der Waals surface area contributed by atoms with Crippen LogP contribution in [0.3, 0.4) is 0 Å². The minimum atomic E-state index is -0.288. The van der Waals surface area contributed by atoms with Gasteiger partial charge in [0.05, 0.1) is 15.7 Å². The number of hydrogen-bond acceptors (Lipinski definition) is 4. The number of anilines is 2. The summed E-state index contributed by atoms with van der Waals surface area (Å²) in [6, 6.07) is 8.42. The van der Waals surface area contributed by atoms with Gasteiger partial charge in [0.15, 0.2) is 0 Å². The molecule has 0 unspecified atom stereocenters. The number of pyridine rings is 1. The average molecular weight is 367 g/mol. The third-order valence-corrected chi connectivity index (χ3v) is 3.94. The predicted molar refractivity (Wildman–Crippen MR) is 100 cm³/mol. The lowest BCUT2D eigenvalue weighted by atomic mass is 10.2. The Kier molecular flexibility index (Phi) is 6.85. The smallest absolute Gasteiger partial charge is 0.255 e. The van der Waals surface area contributed by atoms with E-state index in [1.807, 2.05) is 14.1 Å². The molecule has 0 saturated carbocycles. The zero-order valence-corrected chi connectivity index (χ0v) is 15.2. The zero-order valence-electron chi connectivity index (χ0n) is 13.6. The van der Waals surface area contributed by atoms with Gasteiger partial charge in [-0.25, -0.2) is 4.98 Å². The Morgan fingerprint density at radius 1 is 1.21 bits per heavy atom. The van der Waals surface area contributed by atoms with Crippen LogP contribution in [-0.2, 0) is 0 Å². The largest absolute Gasteiger partial charge is 0.370 e. The second-order valence-electron chi connectivity index (χ2n) is 5.56. The lowest BCUT2D eigenvalue weighted by Gasteiger charge is -2.11. The van der Waals surface area contributed by atoms with E-state index in [2.05, 4.69) is 20.5 Å². The molecule has 1 amide bonds. The van der Waals surface area contributed by atoms with E-state index in [-0.39, 0.29) is 5.91 Å². The number of benzene rings is 1. The number of halogens is 2. The van der Waals surface area contributed by atoms with Gasteiger partial charge in [-0.2, -0.15) is 0 Å². The van der Waals surface area contributed by atoms with E-state index >= 15 is 0 Å². The van der Waals surface area contributed by atoms with E-state index in [1.165, 1.54) is 0 Å². The van der Waals surface area contributed by atoms with Crippen molar-refractivity contribution < 1.29 is 4.79 Å². The quantitative estimate of drug-likeness (QED) is 0.727. The van der Waals surface area contributed by atoms with Crippen molar-refractivity contribution in [2.24, 2.45) is 0 Å². The van der Waals surface area contributed by atoms with Crippen LogP contribution in [-0.4, -0.2) is 43.0 Å². The van der Waals surface area contributed by atoms with E-state index in [1.54, 1.807) is 36.5 Å². The standard InChI is InChI=1S/C17H20Cl2N4O/c1-23(2)10-4-8-20-15-11-12(7-9-21-15)17(24)22-16-13(18)5-3-6-14(16)19/h3,5-7,9,11H,4,8,10H2,1-2H3,(H,20,21)(H,22,24). The highest BCUT2D eigenvalue weighted by atomic mass is 35.5. The van der Waals surface area contributed by atoms with E-state index in [4.69, 9.17) is 23.2 Å². The van der Waals surface area contributed by atoms with Gasteiger partial charge in [0, 0.05) is 18.3 Å². The molecule has 0 bridgehead atoms. The summed E-state index contributed by atoms with van der Waals surface area (Å²) in [5, 5.41) is 6.74. The van der Waals surface area contributed by atoms with Crippen LogP contribution in [0.25, 0.3) is 0 Å². The van der Waals surface area contributed by atoms with Crippen LogP contribution < -0.4 is 10.6 Å². The summed E-state index contributed by atoms with van der Waals surface area (Å²) in [6.07, 6.45) is 2.58. The van der Waals surface area contributed by atoms with E-state index < -0.39 is 0 Å². The van der Waals surface area contributed by atoms with Crippen molar-refractivity contribution in [2.75, 3.05) is 37.8 Å². The van der Waals surface area contributed by atoms with Gasteiger partial charge in [-0.3, -0.25) is 4.79 Å². The molecular weight excluding hydrogens is 347 g/mol. The number of amides is 1. The molecule has 24 heavy (non-hydrogen) atoms. The monoisotopic (exact) mass is 366 g/mol. The topological polar surface area (TPSA) is 57.3 Å². The van der Waals surface area contributed by atoms with Crippen molar-refractivity contribution in [3.63, 3.8) is 0 Å². The Morgan fingerprint density at radius 3 is 2.58 bits per heavy atom. The van der Waals surface area contributed by atoms with Gasteiger partial charge in [-0.05, 0) is 51.3 Å². The van der Waals surface area contributed by atoms with Crippen molar-refractivity contribution in [3.8, 4) is 0 Å². The Labute approximate surface area is 152 Å². The first-order chi connectivity index (χ1) is 11.5. The number of rotatable bonds is 7. The highest BCUT2D eigenvalue weighted by Gasteiger charge is 2.12. The molecule has 0 atom stereocenters. The van der Waals surface area contributed by atoms with Crippen LogP contribution in [0.1, 0.15) is 16.8 Å². The summed E-state index contributed by atoms with van der Waals surface area (Å²) in [5.41, 5.74) is 0.888. The summed E-state index contributed by atoms with van der Waals surface area (Å²) in [5.74, 6) is 0.371.